The van der Waals surface area contributed by atoms with Crippen molar-refractivity contribution in [2.45, 2.75) is 174 Å². The lowest BCUT2D eigenvalue weighted by atomic mass is 10.0. The van der Waals surface area contributed by atoms with Crippen molar-refractivity contribution in [1.29, 1.82) is 0 Å². The van der Waals surface area contributed by atoms with Crippen LogP contribution in [0.2, 0.25) is 0 Å². The normalized spacial score (nSPS) is 12.9. The number of rotatable bonds is 20. The quantitative estimate of drug-likeness (QED) is 0.0828. The average molecular weight is 790 g/mol. The lowest BCUT2D eigenvalue weighted by molar-refractivity contribution is -0.159. The van der Waals surface area contributed by atoms with E-state index in [0.29, 0.717) is 55.8 Å². The van der Waals surface area contributed by atoms with Crippen molar-refractivity contribution in [1.82, 2.24) is 16.0 Å². The van der Waals surface area contributed by atoms with Crippen LogP contribution >= 0.6 is 0 Å². The molecule has 3 atom stereocenters. The van der Waals surface area contributed by atoms with Gasteiger partial charge in [-0.1, -0.05) is 96.6 Å². The van der Waals surface area contributed by atoms with Crippen molar-refractivity contribution in [3.8, 4) is 0 Å². The zero-order valence-electron chi connectivity index (χ0n) is 36.6. The third-order valence-electron chi connectivity index (χ3n) is 7.63. The van der Waals surface area contributed by atoms with E-state index in [9.17, 15) is 28.8 Å². The SMILES string of the molecule is C.CC(C)CC(=O)N[C@@H](CC(C)C)C(=O)Nc1cccc(NC(=O)[C@H](CC(C)C)NC(=O)CC(C)C)c1.CC(C)CC(=O)N[C@@H](CC(C)C)C(=O)OC(C)(C)C. The van der Waals surface area contributed by atoms with Crippen molar-refractivity contribution in [3.63, 3.8) is 0 Å². The summed E-state index contributed by atoms with van der Waals surface area (Å²) in [7, 11) is 0. The Morgan fingerprint density at radius 1 is 0.518 bits per heavy atom. The summed E-state index contributed by atoms with van der Waals surface area (Å²) in [5.74, 6) is 0.0744. The molecular formula is C44H79N5O7. The van der Waals surface area contributed by atoms with Crippen molar-refractivity contribution < 1.29 is 33.5 Å². The van der Waals surface area contributed by atoms with E-state index in [2.05, 4.69) is 26.6 Å². The van der Waals surface area contributed by atoms with E-state index in [4.69, 9.17) is 4.74 Å². The number of ether oxygens (including phenoxy) is 1. The van der Waals surface area contributed by atoms with E-state index in [0.717, 1.165) is 0 Å². The molecule has 56 heavy (non-hydrogen) atoms. The Balaban J connectivity index is 0. The molecule has 0 aromatic heterocycles. The molecule has 1 aromatic rings. The Hall–Kier alpha value is -3.96. The van der Waals surface area contributed by atoms with Crippen LogP contribution in [0.5, 0.6) is 0 Å². The smallest absolute Gasteiger partial charge is 0.329 e. The second-order valence-corrected chi connectivity index (χ2v) is 18.1. The first-order valence-electron chi connectivity index (χ1n) is 20.1. The average Bonchev–Trinajstić information content (AvgIpc) is 2.97. The minimum absolute atomic E-state index is 0. The Morgan fingerprint density at radius 3 is 1.11 bits per heavy atom. The summed E-state index contributed by atoms with van der Waals surface area (Å²) in [6.45, 7) is 29.3. The number of anilines is 2. The lowest BCUT2D eigenvalue weighted by Crippen LogP contribution is -2.45. The van der Waals surface area contributed by atoms with Gasteiger partial charge in [0.25, 0.3) is 0 Å². The number of benzene rings is 1. The highest BCUT2D eigenvalue weighted by Gasteiger charge is 2.28. The molecule has 1 aromatic carbocycles. The molecule has 12 nitrogen and oxygen atoms in total. The highest BCUT2D eigenvalue weighted by atomic mass is 16.6. The van der Waals surface area contributed by atoms with E-state index in [-0.39, 0.29) is 72.5 Å². The van der Waals surface area contributed by atoms with Gasteiger partial charge in [0.2, 0.25) is 29.5 Å². The van der Waals surface area contributed by atoms with Gasteiger partial charge in [0.15, 0.2) is 0 Å². The molecule has 0 fully saturated rings. The Morgan fingerprint density at radius 2 is 0.821 bits per heavy atom. The second kappa shape index (κ2) is 26.8. The Bertz CT molecular complexity index is 1300. The minimum atomic E-state index is -0.652. The summed E-state index contributed by atoms with van der Waals surface area (Å²) in [5.41, 5.74) is 0.484. The van der Waals surface area contributed by atoms with Gasteiger partial charge in [0, 0.05) is 30.6 Å². The largest absolute Gasteiger partial charge is 0.458 e. The van der Waals surface area contributed by atoms with E-state index in [1.807, 2.05) is 104 Å². The summed E-state index contributed by atoms with van der Waals surface area (Å²) in [6.07, 6.45) is 2.76. The second-order valence-electron chi connectivity index (χ2n) is 18.1. The molecule has 0 heterocycles. The molecule has 0 aliphatic carbocycles. The van der Waals surface area contributed by atoms with Crippen LogP contribution in [0.4, 0.5) is 11.4 Å². The molecule has 0 radical (unpaired) electrons. The molecule has 0 spiro atoms. The number of carbonyl (C=O) groups is 6. The number of hydrogen-bond acceptors (Lipinski definition) is 7. The van der Waals surface area contributed by atoms with Gasteiger partial charge in [-0.15, -0.1) is 0 Å². The van der Waals surface area contributed by atoms with Crippen LogP contribution < -0.4 is 26.6 Å². The third kappa shape index (κ3) is 26.8. The molecule has 5 amide bonds. The fourth-order valence-corrected chi connectivity index (χ4v) is 5.47. The molecule has 12 heteroatoms. The molecular weight excluding hydrogens is 711 g/mol. The van der Waals surface area contributed by atoms with Crippen LogP contribution in [-0.2, 0) is 33.5 Å². The maximum Gasteiger partial charge on any atom is 0.329 e. The first-order valence-corrected chi connectivity index (χ1v) is 20.1. The zero-order chi connectivity index (χ0) is 42.6. The van der Waals surface area contributed by atoms with Gasteiger partial charge in [-0.05, 0) is 93.7 Å². The number of esters is 1. The van der Waals surface area contributed by atoms with Crippen LogP contribution in [0.3, 0.4) is 0 Å². The van der Waals surface area contributed by atoms with Crippen LogP contribution in [0.15, 0.2) is 24.3 Å². The maximum absolute atomic E-state index is 13.0. The maximum atomic E-state index is 13.0. The Kier molecular flexibility index (Phi) is 25.9. The van der Waals surface area contributed by atoms with Crippen LogP contribution in [0, 0.1) is 35.5 Å². The van der Waals surface area contributed by atoms with Crippen LogP contribution in [0.25, 0.3) is 0 Å². The summed E-state index contributed by atoms with van der Waals surface area (Å²) < 4.78 is 5.35. The fourth-order valence-electron chi connectivity index (χ4n) is 5.47. The van der Waals surface area contributed by atoms with E-state index < -0.39 is 23.7 Å². The number of amides is 5. The zero-order valence-corrected chi connectivity index (χ0v) is 36.6. The molecule has 322 valence electrons. The topological polar surface area (TPSA) is 172 Å². The monoisotopic (exact) mass is 790 g/mol. The molecule has 0 saturated heterocycles. The molecule has 0 aliphatic heterocycles. The van der Waals surface area contributed by atoms with Gasteiger partial charge in [-0.3, -0.25) is 24.0 Å². The minimum Gasteiger partial charge on any atom is -0.458 e. The van der Waals surface area contributed by atoms with Gasteiger partial charge in [-0.2, -0.15) is 0 Å². The van der Waals surface area contributed by atoms with E-state index >= 15 is 0 Å². The number of hydrogen-bond donors (Lipinski definition) is 5. The summed E-state index contributed by atoms with van der Waals surface area (Å²) >= 11 is 0. The highest BCUT2D eigenvalue weighted by Crippen LogP contribution is 2.19. The van der Waals surface area contributed by atoms with Gasteiger partial charge in [0.05, 0.1) is 0 Å². The van der Waals surface area contributed by atoms with Crippen molar-refractivity contribution >= 4 is 46.9 Å². The number of carbonyl (C=O) groups excluding carboxylic acids is 6. The van der Waals surface area contributed by atoms with Crippen molar-refractivity contribution in [2.24, 2.45) is 35.5 Å². The summed E-state index contributed by atoms with van der Waals surface area (Å²) in [4.78, 5) is 74.4. The predicted octanol–water partition coefficient (Wildman–Crippen LogP) is 8.26. The van der Waals surface area contributed by atoms with E-state index in [1.165, 1.54) is 0 Å². The standard InChI is InChI=1S/C28H46N4O4.C15H29NO3.CH4/c1-17(2)12-23(31-25(33)14-19(5)6)27(35)29-21-10-9-11-22(16-21)30-28(36)24(13-18(3)4)32-26(34)15-20(7)8;1-10(2)8-12(14(18)19-15(5,6)7)16-13(17)9-11(3)4;/h9-11,16-20,23-24H,12-15H2,1-8H3,(H,29,35)(H,30,36)(H,31,33)(H,32,34);10-12H,8-9H2,1-7H3,(H,16,17);1H4/t23-,24-;12-;/m00./s1. The van der Waals surface area contributed by atoms with Gasteiger partial charge >= 0.3 is 5.97 Å². The summed E-state index contributed by atoms with van der Waals surface area (Å²) in [5, 5.41) is 14.2. The van der Waals surface area contributed by atoms with Crippen molar-refractivity contribution in [3.05, 3.63) is 24.3 Å². The molecule has 0 aliphatic rings. The first-order chi connectivity index (χ1) is 25.3. The number of nitrogens with one attached hydrogen (secondary N) is 5. The molecule has 0 unspecified atom stereocenters. The van der Waals surface area contributed by atoms with Gasteiger partial charge < -0.3 is 31.3 Å². The summed E-state index contributed by atoms with van der Waals surface area (Å²) in [6, 6.07) is 5.00. The predicted molar refractivity (Wildman–Crippen MR) is 229 cm³/mol. The van der Waals surface area contributed by atoms with Crippen LogP contribution in [0.1, 0.15) is 150 Å². The third-order valence-corrected chi connectivity index (χ3v) is 7.63. The Labute approximate surface area is 339 Å². The van der Waals surface area contributed by atoms with E-state index in [1.54, 1.807) is 24.3 Å². The molecule has 1 rings (SSSR count). The first kappa shape index (κ1) is 54.1. The highest BCUT2D eigenvalue weighted by molar-refractivity contribution is 6.00. The molecule has 0 bridgehead atoms. The van der Waals surface area contributed by atoms with Gasteiger partial charge in [-0.25, -0.2) is 4.79 Å². The molecule has 0 saturated carbocycles. The molecule has 5 N–H and O–H groups in total. The van der Waals surface area contributed by atoms with Crippen molar-refractivity contribution in [2.75, 3.05) is 10.6 Å². The van der Waals surface area contributed by atoms with Crippen LogP contribution in [-0.4, -0.2) is 59.2 Å². The lowest BCUT2D eigenvalue weighted by Gasteiger charge is -2.25. The fraction of sp³-hybridized carbons (Fsp3) is 0.727. The van der Waals surface area contributed by atoms with Gasteiger partial charge in [0.1, 0.15) is 23.7 Å².